The van der Waals surface area contributed by atoms with E-state index in [9.17, 15) is 4.79 Å². The Morgan fingerprint density at radius 2 is 2.09 bits per heavy atom. The highest BCUT2D eigenvalue weighted by atomic mass is 16.5. The Hall–Kier alpha value is -2.11. The predicted octanol–water partition coefficient (Wildman–Crippen LogP) is 4.16. The summed E-state index contributed by atoms with van der Waals surface area (Å²) in [7, 11) is 1.75. The summed E-state index contributed by atoms with van der Waals surface area (Å²) in [5, 5.41) is 4.88. The Bertz CT molecular complexity index is 1160. The van der Waals surface area contributed by atoms with E-state index >= 15 is 0 Å². The lowest BCUT2D eigenvalue weighted by molar-refractivity contribution is -0.160. The van der Waals surface area contributed by atoms with Crippen molar-refractivity contribution in [2.45, 2.75) is 75.5 Å². The van der Waals surface area contributed by atoms with Crippen LogP contribution < -0.4 is 5.32 Å². The van der Waals surface area contributed by atoms with Crippen molar-refractivity contribution >= 4 is 22.9 Å². The zero-order valence-corrected chi connectivity index (χ0v) is 20.0. The summed E-state index contributed by atoms with van der Waals surface area (Å²) in [5.41, 5.74) is 4.35. The van der Waals surface area contributed by atoms with Crippen LogP contribution in [0.5, 0.6) is 0 Å². The first-order valence-electron chi connectivity index (χ1n) is 12.1. The third-order valence-corrected chi connectivity index (χ3v) is 9.26. The van der Waals surface area contributed by atoms with Gasteiger partial charge < -0.3 is 15.0 Å². The number of ether oxygens (including phenoxy) is 1. The lowest BCUT2D eigenvalue weighted by Gasteiger charge is -2.65. The molecule has 0 saturated carbocycles. The van der Waals surface area contributed by atoms with Crippen LogP contribution in [0.25, 0.3) is 17.0 Å². The number of hydrogen-bond donors (Lipinski definition) is 2. The van der Waals surface area contributed by atoms with Crippen LogP contribution in [0.15, 0.2) is 24.3 Å². The van der Waals surface area contributed by atoms with Gasteiger partial charge in [0.05, 0.1) is 16.7 Å². The van der Waals surface area contributed by atoms with E-state index in [1.807, 2.05) is 0 Å². The number of aromatic amines is 1. The molecule has 1 unspecified atom stereocenters. The fraction of sp³-hybridized carbons (Fsp3) is 0.593. The lowest BCUT2D eigenvalue weighted by atomic mass is 9.51. The van der Waals surface area contributed by atoms with Crippen molar-refractivity contribution in [2.75, 3.05) is 20.2 Å². The number of amides is 1. The molecule has 1 amide bonds. The van der Waals surface area contributed by atoms with Gasteiger partial charge in [-0.2, -0.15) is 0 Å². The molecule has 2 aromatic rings. The molecule has 5 heteroatoms. The second kappa shape index (κ2) is 6.27. The second-order valence-electron chi connectivity index (χ2n) is 11.7. The number of aromatic nitrogens is 1. The highest BCUT2D eigenvalue weighted by Crippen LogP contribution is 2.58. The van der Waals surface area contributed by atoms with Gasteiger partial charge in [-0.25, -0.2) is 0 Å². The average molecular weight is 434 g/mol. The molecular formula is C27H35N3O2. The summed E-state index contributed by atoms with van der Waals surface area (Å²) in [4.78, 5) is 19.7. The van der Waals surface area contributed by atoms with Crippen molar-refractivity contribution < 1.29 is 9.53 Å². The Kier molecular flexibility index (Phi) is 4.01. The second-order valence-corrected chi connectivity index (χ2v) is 11.7. The van der Waals surface area contributed by atoms with E-state index in [1.165, 1.54) is 27.7 Å². The topological polar surface area (TPSA) is 57.4 Å². The van der Waals surface area contributed by atoms with Crippen LogP contribution in [0.3, 0.4) is 0 Å². The fourth-order valence-corrected chi connectivity index (χ4v) is 7.38. The molecule has 1 aromatic heterocycles. The molecule has 0 radical (unpaired) electrons. The molecule has 1 aromatic carbocycles. The van der Waals surface area contributed by atoms with E-state index in [1.54, 1.807) is 7.11 Å². The zero-order valence-electron chi connectivity index (χ0n) is 20.0. The number of H-pyrrole nitrogens is 1. The quantitative estimate of drug-likeness (QED) is 0.764. The van der Waals surface area contributed by atoms with Gasteiger partial charge in [0.1, 0.15) is 5.54 Å². The van der Waals surface area contributed by atoms with E-state index in [-0.39, 0.29) is 28.0 Å². The van der Waals surface area contributed by atoms with Crippen LogP contribution in [0.1, 0.15) is 63.8 Å². The normalized spacial score (nSPS) is 33.4. The number of methoxy groups -OCH3 is 1. The van der Waals surface area contributed by atoms with Gasteiger partial charge in [0.2, 0.25) is 5.91 Å². The molecule has 1 aliphatic carbocycles. The number of nitrogens with zero attached hydrogens (tertiary/aromatic N) is 1. The molecule has 7 rings (SSSR count). The maximum absolute atomic E-state index is 13.3. The number of benzene rings is 1. The highest BCUT2D eigenvalue weighted by molar-refractivity contribution is 5.94. The molecule has 2 spiro atoms. The minimum atomic E-state index is -0.309. The number of rotatable bonds is 3. The minimum absolute atomic E-state index is 0.0330. The lowest BCUT2D eigenvalue weighted by Crippen LogP contribution is -2.82. The van der Waals surface area contributed by atoms with Crippen LogP contribution in [0.2, 0.25) is 0 Å². The molecular weight excluding hydrogens is 398 g/mol. The standard InChI is InChI=1S/C27H35N3O2/c1-24(2,32-5)12-10-17-8-6-9-18-19-14-26-16-30-13-7-11-27(30,23(31)29-26)15-20(26)25(3,4)22(19)28-21(17)18/h6,8-10,12,20,28H,7,11,13-16H2,1-5H3,(H,29,31)/b12-10+/t20?,26-,27+/m1/s1. The van der Waals surface area contributed by atoms with E-state index in [0.717, 1.165) is 38.8 Å². The first kappa shape index (κ1) is 20.5. The van der Waals surface area contributed by atoms with Crippen molar-refractivity contribution in [1.29, 1.82) is 0 Å². The summed E-state index contributed by atoms with van der Waals surface area (Å²) < 4.78 is 5.59. The van der Waals surface area contributed by atoms with Gasteiger partial charge in [-0.1, -0.05) is 44.2 Å². The smallest absolute Gasteiger partial charge is 0.241 e. The summed E-state index contributed by atoms with van der Waals surface area (Å²) in [6.07, 6.45) is 8.33. The molecule has 5 heterocycles. The summed E-state index contributed by atoms with van der Waals surface area (Å²) in [5.74, 6) is 0.719. The van der Waals surface area contributed by atoms with Gasteiger partial charge in [0.15, 0.2) is 0 Å². The van der Waals surface area contributed by atoms with Gasteiger partial charge in [0, 0.05) is 30.1 Å². The van der Waals surface area contributed by atoms with Crippen LogP contribution in [0, 0.1) is 5.92 Å². The molecule has 170 valence electrons. The minimum Gasteiger partial charge on any atom is -0.375 e. The number of para-hydroxylation sites is 1. The number of nitrogens with one attached hydrogen (secondary N) is 2. The Labute approximate surface area is 190 Å². The van der Waals surface area contributed by atoms with E-state index < -0.39 is 0 Å². The molecule has 2 bridgehead atoms. The third kappa shape index (κ3) is 2.50. The van der Waals surface area contributed by atoms with Crippen LogP contribution in [0.4, 0.5) is 0 Å². The largest absolute Gasteiger partial charge is 0.375 e. The summed E-state index contributed by atoms with van der Waals surface area (Å²) in [6, 6.07) is 6.57. The van der Waals surface area contributed by atoms with Gasteiger partial charge in [-0.3, -0.25) is 9.69 Å². The number of carbonyl (C=O) groups is 1. The van der Waals surface area contributed by atoms with E-state index in [2.05, 4.69) is 73.2 Å². The van der Waals surface area contributed by atoms with Gasteiger partial charge in [-0.15, -0.1) is 0 Å². The van der Waals surface area contributed by atoms with Crippen molar-refractivity contribution in [3.05, 3.63) is 41.1 Å². The van der Waals surface area contributed by atoms with Crippen molar-refractivity contribution in [1.82, 2.24) is 15.2 Å². The molecule has 2 N–H and O–H groups in total. The maximum Gasteiger partial charge on any atom is 0.241 e. The van der Waals surface area contributed by atoms with Crippen LogP contribution >= 0.6 is 0 Å². The molecule has 4 saturated heterocycles. The monoisotopic (exact) mass is 433 g/mol. The Balaban J connectivity index is 1.50. The Morgan fingerprint density at radius 3 is 2.88 bits per heavy atom. The SMILES string of the molecule is COC(C)(C)/C=C/c1cccc2c3c([nH]c12)C(C)(C)C1C[C@]24CCCN2C[C@@]1(C3)NC4=O. The van der Waals surface area contributed by atoms with E-state index in [0.29, 0.717) is 5.92 Å². The van der Waals surface area contributed by atoms with Crippen LogP contribution in [-0.4, -0.2) is 52.7 Å². The van der Waals surface area contributed by atoms with Crippen molar-refractivity contribution in [3.8, 4) is 0 Å². The van der Waals surface area contributed by atoms with Gasteiger partial charge >= 0.3 is 0 Å². The molecule has 4 fully saturated rings. The summed E-state index contributed by atoms with van der Waals surface area (Å²) >= 11 is 0. The summed E-state index contributed by atoms with van der Waals surface area (Å²) in [6.45, 7) is 11.0. The fourth-order valence-electron chi connectivity index (χ4n) is 7.38. The third-order valence-electron chi connectivity index (χ3n) is 9.26. The number of piperazine rings is 1. The van der Waals surface area contributed by atoms with Crippen molar-refractivity contribution in [3.63, 3.8) is 0 Å². The highest BCUT2D eigenvalue weighted by Gasteiger charge is 2.68. The van der Waals surface area contributed by atoms with E-state index in [4.69, 9.17) is 4.74 Å². The predicted molar refractivity (Wildman–Crippen MR) is 128 cm³/mol. The Morgan fingerprint density at radius 1 is 1.28 bits per heavy atom. The number of carbonyl (C=O) groups excluding carboxylic acids is 1. The van der Waals surface area contributed by atoms with Gasteiger partial charge in [0.25, 0.3) is 0 Å². The molecule has 32 heavy (non-hydrogen) atoms. The number of fused-ring (bicyclic) bond motifs is 4. The number of hydrogen-bond acceptors (Lipinski definition) is 3. The molecule has 3 atom stereocenters. The molecule has 4 aliphatic heterocycles. The van der Waals surface area contributed by atoms with Crippen molar-refractivity contribution in [2.24, 2.45) is 5.92 Å². The average Bonchev–Trinajstić information content (AvgIpc) is 3.34. The van der Waals surface area contributed by atoms with Crippen LogP contribution in [-0.2, 0) is 21.4 Å². The van der Waals surface area contributed by atoms with Gasteiger partial charge in [-0.05, 0) is 63.1 Å². The molecule has 5 aliphatic rings. The number of piperidine rings is 2. The first-order valence-corrected chi connectivity index (χ1v) is 12.1. The zero-order chi connectivity index (χ0) is 22.5. The first-order chi connectivity index (χ1) is 15.1. The molecule has 5 nitrogen and oxygen atoms in total. The maximum atomic E-state index is 13.3.